The van der Waals surface area contributed by atoms with E-state index in [-0.39, 0.29) is 5.41 Å². The van der Waals surface area contributed by atoms with Crippen LogP contribution in [0, 0.1) is 0 Å². The average molecular weight is 769 g/mol. The van der Waals surface area contributed by atoms with Gasteiger partial charge in [0.05, 0.1) is 0 Å². The van der Waals surface area contributed by atoms with Crippen LogP contribution in [0.15, 0.2) is 186 Å². The number of furan rings is 1. The summed E-state index contributed by atoms with van der Waals surface area (Å²) in [6.45, 7) is 4.73. The van der Waals surface area contributed by atoms with Gasteiger partial charge in [0.2, 0.25) is 0 Å². The van der Waals surface area contributed by atoms with E-state index < -0.39 is 0 Å². The first kappa shape index (κ1) is 33.0. The first-order valence-corrected chi connectivity index (χ1v) is 21.3. The van der Waals surface area contributed by atoms with Gasteiger partial charge in [-0.1, -0.05) is 153 Å². The van der Waals surface area contributed by atoms with Gasteiger partial charge in [-0.25, -0.2) is 0 Å². The zero-order chi connectivity index (χ0) is 39.0. The molecule has 0 unspecified atom stereocenters. The predicted molar refractivity (Wildman–Crippen MR) is 253 cm³/mol. The molecule has 0 aliphatic heterocycles. The molecule has 0 saturated heterocycles. The molecule has 1 nitrogen and oxygen atoms in total. The fourth-order valence-electron chi connectivity index (χ4n) is 10.4. The van der Waals surface area contributed by atoms with Crippen molar-refractivity contribution in [1.29, 1.82) is 0 Å². The zero-order valence-corrected chi connectivity index (χ0v) is 33.5. The fraction of sp³-hybridized carbons (Fsp3) is 0.0526. The third-order valence-electron chi connectivity index (χ3n) is 13.2. The lowest BCUT2D eigenvalue weighted by atomic mass is 9.80. The molecule has 0 N–H and O–H groups in total. The van der Waals surface area contributed by atoms with E-state index in [0.29, 0.717) is 0 Å². The van der Waals surface area contributed by atoms with Gasteiger partial charge in [-0.05, 0) is 130 Å². The van der Waals surface area contributed by atoms with E-state index in [2.05, 4.69) is 190 Å². The molecule has 0 radical (unpaired) electrons. The van der Waals surface area contributed by atoms with Crippen LogP contribution >= 0.6 is 11.3 Å². The van der Waals surface area contributed by atoms with Crippen LogP contribution in [-0.2, 0) is 5.41 Å². The van der Waals surface area contributed by atoms with Crippen LogP contribution in [-0.4, -0.2) is 0 Å². The first-order valence-electron chi connectivity index (χ1n) is 20.5. The SMILES string of the molecule is CC1(C)c2ccccc2-c2ccc(-c3c4ccccc4c(-c4ccc(-c5ccc6cc7c(cc6c5)sc5c7ccc6oc7ccccc7c65)cc4)c4ccccc34)cc21. The van der Waals surface area contributed by atoms with E-state index >= 15 is 0 Å². The van der Waals surface area contributed by atoms with Crippen LogP contribution < -0.4 is 0 Å². The Hall–Kier alpha value is -7.00. The summed E-state index contributed by atoms with van der Waals surface area (Å²) >= 11 is 1.87. The molecule has 0 fully saturated rings. The maximum atomic E-state index is 6.24. The maximum Gasteiger partial charge on any atom is 0.136 e. The van der Waals surface area contributed by atoms with Crippen molar-refractivity contribution in [2.24, 2.45) is 0 Å². The minimum absolute atomic E-state index is 0.0610. The molecular weight excluding hydrogens is 733 g/mol. The third-order valence-corrected chi connectivity index (χ3v) is 14.4. The van der Waals surface area contributed by atoms with Crippen molar-refractivity contribution in [1.82, 2.24) is 0 Å². The highest BCUT2D eigenvalue weighted by molar-refractivity contribution is 7.26. The molecule has 59 heavy (non-hydrogen) atoms. The molecule has 2 heterocycles. The van der Waals surface area contributed by atoms with Crippen molar-refractivity contribution in [3.8, 4) is 44.5 Å². The Bertz CT molecular complexity index is 3690. The second-order valence-corrected chi connectivity index (χ2v) is 17.8. The van der Waals surface area contributed by atoms with Gasteiger partial charge in [-0.15, -0.1) is 11.3 Å². The molecule has 0 saturated carbocycles. The molecule has 12 aromatic rings. The topological polar surface area (TPSA) is 13.1 Å². The number of hydrogen-bond donors (Lipinski definition) is 0. The molecule has 0 atom stereocenters. The first-order chi connectivity index (χ1) is 29.0. The smallest absolute Gasteiger partial charge is 0.136 e. The van der Waals surface area contributed by atoms with Gasteiger partial charge >= 0.3 is 0 Å². The lowest BCUT2D eigenvalue weighted by Crippen LogP contribution is -2.14. The Balaban J connectivity index is 0.918. The normalized spacial score (nSPS) is 13.4. The highest BCUT2D eigenvalue weighted by Crippen LogP contribution is 2.51. The molecule has 1 aliphatic rings. The van der Waals surface area contributed by atoms with Crippen LogP contribution in [0.2, 0.25) is 0 Å². The lowest BCUT2D eigenvalue weighted by Gasteiger charge is -2.23. The molecular formula is C57H36OS. The molecule has 0 spiro atoms. The number of hydrogen-bond acceptors (Lipinski definition) is 2. The van der Waals surface area contributed by atoms with Gasteiger partial charge in [0, 0.05) is 36.4 Å². The Morgan fingerprint density at radius 2 is 1.00 bits per heavy atom. The van der Waals surface area contributed by atoms with Crippen LogP contribution in [0.25, 0.3) is 119 Å². The predicted octanol–water partition coefficient (Wildman–Crippen LogP) is 16.7. The van der Waals surface area contributed by atoms with Gasteiger partial charge in [0.15, 0.2) is 0 Å². The van der Waals surface area contributed by atoms with Crippen LogP contribution in [0.5, 0.6) is 0 Å². The molecule has 0 bridgehead atoms. The quantitative estimate of drug-likeness (QED) is 0.163. The molecule has 2 aromatic heterocycles. The lowest BCUT2D eigenvalue weighted by molar-refractivity contribution is 0.660. The second-order valence-electron chi connectivity index (χ2n) is 16.8. The Kier molecular flexibility index (Phi) is 6.73. The summed E-state index contributed by atoms with van der Waals surface area (Å²) in [5.74, 6) is 0. The summed E-state index contributed by atoms with van der Waals surface area (Å²) in [5.41, 5.74) is 14.9. The fourth-order valence-corrected chi connectivity index (χ4v) is 11.7. The summed E-state index contributed by atoms with van der Waals surface area (Å²) in [7, 11) is 0. The number of rotatable bonds is 3. The number of benzene rings is 10. The molecule has 10 aromatic carbocycles. The summed E-state index contributed by atoms with van der Waals surface area (Å²) in [6.07, 6.45) is 0. The monoisotopic (exact) mass is 768 g/mol. The van der Waals surface area contributed by atoms with Crippen molar-refractivity contribution >= 4 is 85.8 Å². The van der Waals surface area contributed by atoms with E-state index in [1.807, 2.05) is 17.4 Å². The van der Waals surface area contributed by atoms with Gasteiger partial charge in [0.1, 0.15) is 11.2 Å². The largest absolute Gasteiger partial charge is 0.456 e. The van der Waals surface area contributed by atoms with Crippen molar-refractivity contribution in [2.45, 2.75) is 19.3 Å². The van der Waals surface area contributed by atoms with Crippen molar-refractivity contribution in [3.63, 3.8) is 0 Å². The Morgan fingerprint density at radius 3 is 1.76 bits per heavy atom. The number of fused-ring (bicyclic) bond motifs is 13. The highest BCUT2D eigenvalue weighted by atomic mass is 32.1. The maximum absolute atomic E-state index is 6.24. The van der Waals surface area contributed by atoms with E-state index in [1.165, 1.54) is 119 Å². The molecule has 1 aliphatic carbocycles. The molecule has 276 valence electrons. The number of thiophene rings is 1. The highest BCUT2D eigenvalue weighted by Gasteiger charge is 2.35. The molecule has 2 heteroatoms. The average Bonchev–Trinajstić information content (AvgIpc) is 3.91. The minimum Gasteiger partial charge on any atom is -0.456 e. The second kappa shape index (κ2) is 12.0. The minimum atomic E-state index is -0.0610. The summed E-state index contributed by atoms with van der Waals surface area (Å²) in [5, 5.41) is 12.6. The van der Waals surface area contributed by atoms with Crippen LogP contribution in [0.4, 0.5) is 0 Å². The van der Waals surface area contributed by atoms with Crippen LogP contribution in [0.3, 0.4) is 0 Å². The summed E-state index contributed by atoms with van der Waals surface area (Å²) in [6, 6.07) is 67.7. The standard InChI is InChI=1S/C57H36OS/c1-57(2)48-17-9-7-11-39(48)40-26-25-37(31-49(40)57)54-43-14-5-3-12-41(43)53(42-13-4-6-15-44(42)54)34-21-19-33(20-22-34)35-23-24-36-30-47-45-27-28-51-55(46-16-8-10-18-50(46)58-51)56(45)59-52(47)32-38(36)29-35/h3-32H,1-2H3. The van der Waals surface area contributed by atoms with Crippen molar-refractivity contribution in [3.05, 3.63) is 193 Å². The van der Waals surface area contributed by atoms with Crippen LogP contribution in [0.1, 0.15) is 25.0 Å². The van der Waals surface area contributed by atoms with Gasteiger partial charge in [-0.2, -0.15) is 0 Å². The summed E-state index contributed by atoms with van der Waals surface area (Å²) < 4.78 is 8.83. The van der Waals surface area contributed by atoms with Crippen molar-refractivity contribution < 1.29 is 4.42 Å². The van der Waals surface area contributed by atoms with Crippen molar-refractivity contribution in [2.75, 3.05) is 0 Å². The Labute approximate surface area is 345 Å². The molecule has 13 rings (SSSR count). The van der Waals surface area contributed by atoms with Gasteiger partial charge in [0.25, 0.3) is 0 Å². The number of para-hydroxylation sites is 1. The Morgan fingerprint density at radius 1 is 0.390 bits per heavy atom. The van der Waals surface area contributed by atoms with Gasteiger partial charge in [-0.3, -0.25) is 0 Å². The van der Waals surface area contributed by atoms with Gasteiger partial charge < -0.3 is 4.42 Å². The van der Waals surface area contributed by atoms with E-state index in [0.717, 1.165) is 11.2 Å². The van der Waals surface area contributed by atoms with E-state index in [9.17, 15) is 0 Å². The third kappa shape index (κ3) is 4.67. The van der Waals surface area contributed by atoms with E-state index in [4.69, 9.17) is 4.42 Å². The molecule has 0 amide bonds. The zero-order valence-electron chi connectivity index (χ0n) is 32.6. The van der Waals surface area contributed by atoms with E-state index in [1.54, 1.807) is 0 Å². The summed E-state index contributed by atoms with van der Waals surface area (Å²) in [4.78, 5) is 0.